The monoisotopic (exact) mass is 348 g/mol. The van der Waals surface area contributed by atoms with E-state index in [0.717, 1.165) is 22.5 Å². The molecule has 0 spiro atoms. The summed E-state index contributed by atoms with van der Waals surface area (Å²) in [7, 11) is 3.63. The normalized spacial score (nSPS) is 27.1. The molecule has 2 heterocycles. The summed E-state index contributed by atoms with van der Waals surface area (Å²) in [6.45, 7) is 4.05. The Bertz CT molecular complexity index is 846. The third-order valence-corrected chi connectivity index (χ3v) is 6.58. The Morgan fingerprint density at radius 1 is 0.692 bits per heavy atom. The van der Waals surface area contributed by atoms with E-state index < -0.39 is 10.8 Å². The molecule has 0 saturated heterocycles. The maximum absolute atomic E-state index is 13.7. The third kappa shape index (κ3) is 1.61. The standard InChI is InChI=1S/C22H24N2O2/c1-5-21(15-11-7-9-13-17(15)23(3)19(21)25)22(6-2)16-12-8-10-14-18(16)24(4)20(22)26/h7-14H,5-6H2,1-4H3/t21-,22-/m1/s1. The minimum Gasteiger partial charge on any atom is -0.314 e. The zero-order valence-electron chi connectivity index (χ0n) is 15.7. The first kappa shape index (κ1) is 16.8. The number of hydrogen-bond acceptors (Lipinski definition) is 2. The lowest BCUT2D eigenvalue weighted by atomic mass is 9.55. The lowest BCUT2D eigenvalue weighted by molar-refractivity contribution is -0.135. The average Bonchev–Trinajstić information content (AvgIpc) is 3.04. The van der Waals surface area contributed by atoms with Crippen LogP contribution in [0.4, 0.5) is 11.4 Å². The average molecular weight is 348 g/mol. The Balaban J connectivity index is 2.12. The maximum Gasteiger partial charge on any atom is 0.238 e. The molecule has 2 amide bonds. The van der Waals surface area contributed by atoms with E-state index in [1.807, 2.05) is 76.5 Å². The Morgan fingerprint density at radius 2 is 1.04 bits per heavy atom. The van der Waals surface area contributed by atoms with E-state index in [2.05, 4.69) is 0 Å². The van der Waals surface area contributed by atoms with Crippen molar-refractivity contribution in [2.75, 3.05) is 23.9 Å². The van der Waals surface area contributed by atoms with Gasteiger partial charge in [0.1, 0.15) is 0 Å². The van der Waals surface area contributed by atoms with Crippen molar-refractivity contribution in [1.29, 1.82) is 0 Å². The highest BCUT2D eigenvalue weighted by atomic mass is 16.2. The molecule has 4 rings (SSSR count). The van der Waals surface area contributed by atoms with E-state index in [4.69, 9.17) is 0 Å². The molecule has 0 aromatic heterocycles. The number of hydrogen-bond donors (Lipinski definition) is 0. The molecule has 0 aliphatic carbocycles. The van der Waals surface area contributed by atoms with Crippen LogP contribution in [0.15, 0.2) is 48.5 Å². The van der Waals surface area contributed by atoms with Gasteiger partial charge >= 0.3 is 0 Å². The fraction of sp³-hybridized carbons (Fsp3) is 0.364. The first-order valence-electron chi connectivity index (χ1n) is 9.22. The van der Waals surface area contributed by atoms with Crippen molar-refractivity contribution in [1.82, 2.24) is 0 Å². The summed E-state index contributed by atoms with van der Waals surface area (Å²) in [5.74, 6) is 0.0306. The summed E-state index contributed by atoms with van der Waals surface area (Å²) < 4.78 is 0. The van der Waals surface area contributed by atoms with Crippen LogP contribution in [0.3, 0.4) is 0 Å². The van der Waals surface area contributed by atoms with Gasteiger partial charge in [0, 0.05) is 25.5 Å². The molecule has 26 heavy (non-hydrogen) atoms. The van der Waals surface area contributed by atoms with E-state index in [1.54, 1.807) is 9.80 Å². The lowest BCUT2D eigenvalue weighted by Crippen LogP contribution is -2.58. The summed E-state index contributed by atoms with van der Waals surface area (Å²) >= 11 is 0. The molecule has 0 radical (unpaired) electrons. The van der Waals surface area contributed by atoms with Crippen molar-refractivity contribution < 1.29 is 9.59 Å². The molecule has 4 heteroatoms. The van der Waals surface area contributed by atoms with Gasteiger partial charge in [-0.1, -0.05) is 50.2 Å². The SMILES string of the molecule is CC[C@]1([C@@]2(CC)C(=O)N(C)c3ccccc32)C(=O)N(C)c2ccccc21. The number of nitrogens with zero attached hydrogens (tertiary/aromatic N) is 2. The second kappa shape index (κ2) is 5.44. The van der Waals surface area contributed by atoms with E-state index >= 15 is 0 Å². The molecule has 0 bridgehead atoms. The molecular formula is C22H24N2O2. The van der Waals surface area contributed by atoms with Gasteiger partial charge in [-0.25, -0.2) is 0 Å². The molecule has 0 fully saturated rings. The van der Waals surface area contributed by atoms with Gasteiger partial charge < -0.3 is 9.80 Å². The predicted molar refractivity (Wildman–Crippen MR) is 104 cm³/mol. The fourth-order valence-corrected chi connectivity index (χ4v) is 5.39. The maximum atomic E-state index is 13.7. The predicted octanol–water partition coefficient (Wildman–Crippen LogP) is 3.64. The Hall–Kier alpha value is -2.62. The highest BCUT2D eigenvalue weighted by Crippen LogP contribution is 2.60. The van der Waals surface area contributed by atoms with Gasteiger partial charge in [0.05, 0.1) is 10.8 Å². The molecular weight excluding hydrogens is 324 g/mol. The smallest absolute Gasteiger partial charge is 0.238 e. The first-order chi connectivity index (χ1) is 12.5. The fourth-order valence-electron chi connectivity index (χ4n) is 5.39. The summed E-state index contributed by atoms with van der Waals surface area (Å²) in [6, 6.07) is 15.8. The summed E-state index contributed by atoms with van der Waals surface area (Å²) in [5, 5.41) is 0. The number of amides is 2. The first-order valence-corrected chi connectivity index (χ1v) is 9.22. The van der Waals surface area contributed by atoms with Crippen molar-refractivity contribution in [2.45, 2.75) is 37.5 Å². The quantitative estimate of drug-likeness (QED) is 0.850. The molecule has 2 atom stereocenters. The molecule has 2 aromatic carbocycles. The van der Waals surface area contributed by atoms with E-state index in [0.29, 0.717) is 12.8 Å². The zero-order valence-corrected chi connectivity index (χ0v) is 15.7. The minimum absolute atomic E-state index is 0.0153. The molecule has 2 aromatic rings. The van der Waals surface area contributed by atoms with Crippen LogP contribution in [0, 0.1) is 0 Å². The number of carbonyl (C=O) groups is 2. The highest BCUT2D eigenvalue weighted by molar-refractivity contribution is 6.18. The molecule has 0 N–H and O–H groups in total. The van der Waals surface area contributed by atoms with Crippen LogP contribution in [0.25, 0.3) is 0 Å². The van der Waals surface area contributed by atoms with Crippen LogP contribution < -0.4 is 9.80 Å². The summed E-state index contributed by atoms with van der Waals surface area (Å²) in [6.07, 6.45) is 1.16. The molecule has 0 saturated carbocycles. The van der Waals surface area contributed by atoms with Crippen LogP contribution in [-0.4, -0.2) is 25.9 Å². The van der Waals surface area contributed by atoms with Crippen LogP contribution in [-0.2, 0) is 20.4 Å². The number of fused-ring (bicyclic) bond motifs is 2. The number of para-hydroxylation sites is 2. The van der Waals surface area contributed by atoms with E-state index in [9.17, 15) is 9.59 Å². The molecule has 2 aliphatic rings. The Kier molecular flexibility index (Phi) is 3.52. The highest BCUT2D eigenvalue weighted by Gasteiger charge is 2.68. The number of likely N-dealkylation sites (N-methyl/N-ethyl adjacent to an activating group) is 2. The summed E-state index contributed by atoms with van der Waals surface area (Å²) in [4.78, 5) is 30.8. The van der Waals surface area contributed by atoms with E-state index in [1.165, 1.54) is 0 Å². The van der Waals surface area contributed by atoms with Crippen molar-refractivity contribution in [3.05, 3.63) is 59.7 Å². The zero-order chi connectivity index (χ0) is 18.7. The topological polar surface area (TPSA) is 40.6 Å². The van der Waals surface area contributed by atoms with Gasteiger partial charge in [0.25, 0.3) is 0 Å². The van der Waals surface area contributed by atoms with Crippen molar-refractivity contribution in [3.63, 3.8) is 0 Å². The van der Waals surface area contributed by atoms with Crippen LogP contribution in [0.5, 0.6) is 0 Å². The summed E-state index contributed by atoms with van der Waals surface area (Å²) in [5.41, 5.74) is 1.99. The van der Waals surface area contributed by atoms with Gasteiger partial charge in [-0.2, -0.15) is 0 Å². The van der Waals surface area contributed by atoms with Gasteiger partial charge in [-0.05, 0) is 36.1 Å². The molecule has 0 unspecified atom stereocenters. The van der Waals surface area contributed by atoms with Crippen LogP contribution >= 0.6 is 0 Å². The van der Waals surface area contributed by atoms with Crippen LogP contribution in [0.2, 0.25) is 0 Å². The van der Waals surface area contributed by atoms with E-state index in [-0.39, 0.29) is 11.8 Å². The number of carbonyl (C=O) groups excluding carboxylic acids is 2. The van der Waals surface area contributed by atoms with Gasteiger partial charge in [0.15, 0.2) is 0 Å². The van der Waals surface area contributed by atoms with Crippen molar-refractivity contribution in [3.8, 4) is 0 Å². The van der Waals surface area contributed by atoms with Gasteiger partial charge in [0.2, 0.25) is 11.8 Å². The van der Waals surface area contributed by atoms with Crippen LogP contribution in [0.1, 0.15) is 37.8 Å². The second-order valence-electron chi connectivity index (χ2n) is 7.28. The largest absolute Gasteiger partial charge is 0.314 e. The third-order valence-electron chi connectivity index (χ3n) is 6.58. The van der Waals surface area contributed by atoms with Gasteiger partial charge in [-0.3, -0.25) is 9.59 Å². The van der Waals surface area contributed by atoms with Gasteiger partial charge in [-0.15, -0.1) is 0 Å². The second-order valence-corrected chi connectivity index (χ2v) is 7.28. The Morgan fingerprint density at radius 3 is 1.38 bits per heavy atom. The molecule has 4 nitrogen and oxygen atoms in total. The Labute approximate surface area is 154 Å². The number of benzene rings is 2. The number of rotatable bonds is 3. The van der Waals surface area contributed by atoms with Crippen molar-refractivity contribution in [2.24, 2.45) is 0 Å². The number of anilines is 2. The van der Waals surface area contributed by atoms with Crippen molar-refractivity contribution >= 4 is 23.2 Å². The lowest BCUT2D eigenvalue weighted by Gasteiger charge is -2.43. The molecule has 2 aliphatic heterocycles. The minimum atomic E-state index is -0.884. The molecule has 134 valence electrons.